The average Bonchev–Trinajstić information content (AvgIpc) is 2.82. The van der Waals surface area contributed by atoms with Crippen molar-refractivity contribution in [2.75, 3.05) is 0 Å². The molecule has 3 rings (SSSR count). The first-order valence-electron chi connectivity index (χ1n) is 8.52. The van der Waals surface area contributed by atoms with E-state index in [-0.39, 0.29) is 22.1 Å². The monoisotopic (exact) mass is 440 g/mol. The first kappa shape index (κ1) is 20.6. The molecule has 1 aliphatic heterocycles. The van der Waals surface area contributed by atoms with Crippen LogP contribution in [0.4, 0.5) is 0 Å². The fourth-order valence-electron chi connectivity index (χ4n) is 3.04. The Hall–Kier alpha value is -2.09. The van der Waals surface area contributed by atoms with Crippen molar-refractivity contribution < 1.29 is 18.0 Å². The Morgan fingerprint density at radius 3 is 2.32 bits per heavy atom. The van der Waals surface area contributed by atoms with Gasteiger partial charge in [-0.3, -0.25) is 9.59 Å². The summed E-state index contributed by atoms with van der Waals surface area (Å²) in [4.78, 5) is 24.9. The van der Waals surface area contributed by atoms with Gasteiger partial charge in [0.1, 0.15) is 4.90 Å². The number of hydrogen-bond acceptors (Lipinski definition) is 4. The Labute approximate surface area is 173 Å². The van der Waals surface area contributed by atoms with E-state index < -0.39 is 27.9 Å². The van der Waals surface area contributed by atoms with Gasteiger partial charge in [-0.25, -0.2) is 12.7 Å². The summed E-state index contributed by atoms with van der Waals surface area (Å²) in [6, 6.07) is 8.17. The number of carbonyl (C=O) groups is 2. The summed E-state index contributed by atoms with van der Waals surface area (Å²) in [5.41, 5.74) is 0.966. The highest BCUT2D eigenvalue weighted by Gasteiger charge is 2.42. The maximum atomic E-state index is 12.7. The van der Waals surface area contributed by atoms with Crippen molar-refractivity contribution in [3.63, 3.8) is 0 Å². The van der Waals surface area contributed by atoms with Gasteiger partial charge in [-0.1, -0.05) is 29.3 Å². The first-order valence-corrected chi connectivity index (χ1v) is 10.7. The zero-order valence-corrected chi connectivity index (χ0v) is 17.7. The van der Waals surface area contributed by atoms with Gasteiger partial charge in [-0.05, 0) is 56.7 Å². The summed E-state index contributed by atoms with van der Waals surface area (Å²) >= 11 is 11.9. The van der Waals surface area contributed by atoms with Gasteiger partial charge in [-0.2, -0.15) is 0 Å². The fraction of sp³-hybridized carbons (Fsp3) is 0.263. The van der Waals surface area contributed by atoms with Crippen molar-refractivity contribution in [3.8, 4) is 0 Å². The van der Waals surface area contributed by atoms with Crippen LogP contribution in [0.2, 0.25) is 10.0 Å². The standard InChI is InChI=1S/C19H18Cl2N2O4S/c1-10(2)23-19(25)14-6-4-13(9-17(14)28(23,26)27)18(24)22-11(3)12-5-7-15(20)16(21)8-12/h4-11H,1-3H3,(H,22,24). The summed E-state index contributed by atoms with van der Waals surface area (Å²) in [5.74, 6) is -1.05. The van der Waals surface area contributed by atoms with E-state index >= 15 is 0 Å². The molecule has 0 aliphatic carbocycles. The molecule has 0 spiro atoms. The predicted octanol–water partition coefficient (Wildman–Crippen LogP) is 4.04. The lowest BCUT2D eigenvalue weighted by Gasteiger charge is -2.18. The molecule has 1 unspecified atom stereocenters. The smallest absolute Gasteiger partial charge is 0.269 e. The minimum Gasteiger partial charge on any atom is -0.346 e. The summed E-state index contributed by atoms with van der Waals surface area (Å²) in [6.45, 7) is 5.01. The largest absolute Gasteiger partial charge is 0.346 e. The molecule has 0 saturated carbocycles. The predicted molar refractivity (Wildman–Crippen MR) is 107 cm³/mol. The molecule has 2 aromatic carbocycles. The number of amides is 2. The van der Waals surface area contributed by atoms with Crippen LogP contribution in [0.1, 0.15) is 53.1 Å². The number of fused-ring (bicyclic) bond motifs is 1. The molecule has 6 nitrogen and oxygen atoms in total. The van der Waals surface area contributed by atoms with E-state index in [0.29, 0.717) is 10.0 Å². The SMILES string of the molecule is CC(NC(=O)c1ccc2c(c1)S(=O)(=O)N(C(C)C)C2=O)c1ccc(Cl)c(Cl)c1. The third-order valence-electron chi connectivity index (χ3n) is 4.47. The van der Waals surface area contributed by atoms with E-state index in [1.165, 1.54) is 18.2 Å². The van der Waals surface area contributed by atoms with Gasteiger partial charge in [0.15, 0.2) is 0 Å². The van der Waals surface area contributed by atoms with E-state index in [0.717, 1.165) is 9.87 Å². The van der Waals surface area contributed by atoms with Gasteiger partial charge < -0.3 is 5.32 Å². The molecule has 0 fully saturated rings. The van der Waals surface area contributed by atoms with Crippen LogP contribution >= 0.6 is 23.2 Å². The summed E-state index contributed by atoms with van der Waals surface area (Å²) in [6.07, 6.45) is 0. The molecule has 1 aliphatic rings. The molecule has 1 N–H and O–H groups in total. The number of nitrogens with zero attached hydrogens (tertiary/aromatic N) is 1. The molecule has 0 saturated heterocycles. The van der Waals surface area contributed by atoms with E-state index in [9.17, 15) is 18.0 Å². The minimum atomic E-state index is -3.97. The lowest BCUT2D eigenvalue weighted by molar-refractivity contribution is 0.0845. The van der Waals surface area contributed by atoms with Crippen LogP contribution < -0.4 is 5.32 Å². The second-order valence-electron chi connectivity index (χ2n) is 6.78. The maximum Gasteiger partial charge on any atom is 0.269 e. The molecule has 1 atom stereocenters. The number of hydrogen-bond donors (Lipinski definition) is 1. The van der Waals surface area contributed by atoms with Crippen LogP contribution in [0.15, 0.2) is 41.3 Å². The van der Waals surface area contributed by atoms with E-state index in [4.69, 9.17) is 23.2 Å². The second-order valence-corrected chi connectivity index (χ2v) is 9.38. The first-order chi connectivity index (χ1) is 13.0. The lowest BCUT2D eigenvalue weighted by atomic mass is 10.1. The molecule has 148 valence electrons. The van der Waals surface area contributed by atoms with Gasteiger partial charge in [0.25, 0.3) is 21.8 Å². The summed E-state index contributed by atoms with van der Waals surface area (Å²) < 4.78 is 26.2. The van der Waals surface area contributed by atoms with Crippen molar-refractivity contribution in [2.24, 2.45) is 0 Å². The number of sulfonamides is 1. The maximum absolute atomic E-state index is 12.7. The second kappa shape index (κ2) is 7.39. The number of nitrogens with one attached hydrogen (secondary N) is 1. The fourth-order valence-corrected chi connectivity index (χ4v) is 5.14. The number of carbonyl (C=O) groups excluding carboxylic acids is 2. The third-order valence-corrected chi connectivity index (χ3v) is 7.21. The Balaban J connectivity index is 1.88. The van der Waals surface area contributed by atoms with Gasteiger partial charge in [0.05, 0.1) is 21.7 Å². The van der Waals surface area contributed by atoms with E-state index in [1.807, 2.05) is 0 Å². The van der Waals surface area contributed by atoms with Crippen molar-refractivity contribution in [2.45, 2.75) is 37.8 Å². The van der Waals surface area contributed by atoms with Gasteiger partial charge in [-0.15, -0.1) is 0 Å². The molecule has 0 bridgehead atoms. The molecule has 2 aromatic rings. The lowest BCUT2D eigenvalue weighted by Crippen LogP contribution is -2.36. The van der Waals surface area contributed by atoms with Crippen molar-refractivity contribution in [1.82, 2.24) is 9.62 Å². The molecule has 2 amide bonds. The van der Waals surface area contributed by atoms with E-state index in [2.05, 4.69) is 5.32 Å². The molecule has 28 heavy (non-hydrogen) atoms. The summed E-state index contributed by atoms with van der Waals surface area (Å²) in [5, 5.41) is 3.57. The topological polar surface area (TPSA) is 83.6 Å². The highest BCUT2D eigenvalue weighted by Crippen LogP contribution is 2.33. The van der Waals surface area contributed by atoms with Crippen molar-refractivity contribution >= 4 is 45.0 Å². The highest BCUT2D eigenvalue weighted by atomic mass is 35.5. The van der Waals surface area contributed by atoms with Crippen molar-refractivity contribution in [3.05, 3.63) is 63.1 Å². The molecular weight excluding hydrogens is 423 g/mol. The van der Waals surface area contributed by atoms with Crippen LogP contribution in [0.25, 0.3) is 0 Å². The summed E-state index contributed by atoms with van der Waals surface area (Å²) in [7, 11) is -3.97. The number of benzene rings is 2. The van der Waals surface area contributed by atoms with Crippen LogP contribution in [-0.2, 0) is 10.0 Å². The molecular formula is C19H18Cl2N2O4S. The Bertz CT molecular complexity index is 1080. The zero-order chi connectivity index (χ0) is 20.8. The Kier molecular flexibility index (Phi) is 5.44. The van der Waals surface area contributed by atoms with E-state index in [1.54, 1.807) is 39.0 Å². The molecule has 0 aromatic heterocycles. The molecule has 1 heterocycles. The normalized spacial score (nSPS) is 16.2. The van der Waals surface area contributed by atoms with Crippen LogP contribution in [0, 0.1) is 0 Å². The van der Waals surface area contributed by atoms with Crippen LogP contribution in [0.3, 0.4) is 0 Å². The zero-order valence-electron chi connectivity index (χ0n) is 15.4. The van der Waals surface area contributed by atoms with Crippen molar-refractivity contribution in [1.29, 1.82) is 0 Å². The van der Waals surface area contributed by atoms with Crippen LogP contribution in [0.5, 0.6) is 0 Å². The number of rotatable bonds is 4. The highest BCUT2D eigenvalue weighted by molar-refractivity contribution is 7.90. The Morgan fingerprint density at radius 2 is 1.71 bits per heavy atom. The van der Waals surface area contributed by atoms with Gasteiger partial charge in [0.2, 0.25) is 0 Å². The minimum absolute atomic E-state index is 0.0720. The molecule has 9 heteroatoms. The quantitative estimate of drug-likeness (QED) is 0.777. The number of halogens is 2. The van der Waals surface area contributed by atoms with Gasteiger partial charge >= 0.3 is 0 Å². The van der Waals surface area contributed by atoms with Gasteiger partial charge in [0, 0.05) is 11.6 Å². The Morgan fingerprint density at radius 1 is 1.04 bits per heavy atom. The van der Waals surface area contributed by atoms with Crippen LogP contribution in [-0.4, -0.2) is 30.6 Å². The third kappa shape index (κ3) is 3.50. The average molecular weight is 441 g/mol. The molecule has 0 radical (unpaired) electrons.